The molecule has 0 amide bonds. The molecular formula is C9H5Cl2FO2. The highest BCUT2D eigenvalue weighted by Crippen LogP contribution is 2.23. The quantitative estimate of drug-likeness (QED) is 0.797. The van der Waals surface area contributed by atoms with Gasteiger partial charge in [0.15, 0.2) is 0 Å². The third-order valence-electron chi connectivity index (χ3n) is 1.44. The van der Waals surface area contributed by atoms with E-state index in [2.05, 4.69) is 0 Å². The molecule has 0 spiro atoms. The van der Waals surface area contributed by atoms with Gasteiger partial charge in [0, 0.05) is 10.0 Å². The van der Waals surface area contributed by atoms with E-state index < -0.39 is 11.8 Å². The van der Waals surface area contributed by atoms with Gasteiger partial charge in [0.25, 0.3) is 0 Å². The molecule has 0 bridgehead atoms. The molecule has 1 aromatic carbocycles. The van der Waals surface area contributed by atoms with Crippen LogP contribution in [-0.4, -0.2) is 11.1 Å². The molecule has 2 nitrogen and oxygen atoms in total. The first-order chi connectivity index (χ1) is 6.50. The summed E-state index contributed by atoms with van der Waals surface area (Å²) in [6.45, 7) is 0. The number of carboxylic acids is 1. The van der Waals surface area contributed by atoms with E-state index in [1.165, 1.54) is 18.2 Å². The second-order valence-corrected chi connectivity index (χ2v) is 3.31. The summed E-state index contributed by atoms with van der Waals surface area (Å²) in [5, 5.41) is 8.89. The molecule has 14 heavy (non-hydrogen) atoms. The summed E-state index contributed by atoms with van der Waals surface area (Å²) in [4.78, 5) is 10.2. The summed E-state index contributed by atoms with van der Waals surface area (Å²) in [6, 6.07) is 4.37. The smallest absolute Gasteiger partial charge is 0.364 e. The minimum absolute atomic E-state index is 0.235. The van der Waals surface area contributed by atoms with Gasteiger partial charge < -0.3 is 5.11 Å². The summed E-state index contributed by atoms with van der Waals surface area (Å²) >= 11 is 11.3. The van der Waals surface area contributed by atoms with E-state index in [-0.39, 0.29) is 10.6 Å². The Balaban J connectivity index is 3.13. The highest BCUT2D eigenvalue weighted by atomic mass is 35.5. The lowest BCUT2D eigenvalue weighted by Gasteiger charge is -1.98. The molecular weight excluding hydrogens is 230 g/mol. The van der Waals surface area contributed by atoms with Gasteiger partial charge in [-0.05, 0) is 29.8 Å². The van der Waals surface area contributed by atoms with E-state index in [9.17, 15) is 9.18 Å². The first-order valence-corrected chi connectivity index (χ1v) is 4.32. The molecule has 0 aliphatic rings. The van der Waals surface area contributed by atoms with Crippen molar-refractivity contribution in [3.63, 3.8) is 0 Å². The van der Waals surface area contributed by atoms with Crippen LogP contribution in [0.2, 0.25) is 10.0 Å². The molecule has 1 rings (SSSR count). The first-order valence-electron chi connectivity index (χ1n) is 3.56. The number of aliphatic carboxylic acids is 1. The van der Waals surface area contributed by atoms with E-state index in [0.29, 0.717) is 5.02 Å². The lowest BCUT2D eigenvalue weighted by Crippen LogP contribution is -1.94. The van der Waals surface area contributed by atoms with Gasteiger partial charge in [-0.15, -0.1) is 0 Å². The second kappa shape index (κ2) is 4.44. The number of rotatable bonds is 2. The molecule has 0 aliphatic heterocycles. The third-order valence-corrected chi connectivity index (χ3v) is 2.02. The summed E-state index contributed by atoms with van der Waals surface area (Å²) in [6.07, 6.45) is 0.816. The summed E-state index contributed by atoms with van der Waals surface area (Å²) in [5.41, 5.74) is 0.235. The van der Waals surface area contributed by atoms with Crippen LogP contribution in [0.15, 0.2) is 24.0 Å². The van der Waals surface area contributed by atoms with E-state index in [0.717, 1.165) is 6.08 Å². The Morgan fingerprint density at radius 1 is 1.43 bits per heavy atom. The van der Waals surface area contributed by atoms with Crippen LogP contribution in [0.3, 0.4) is 0 Å². The highest BCUT2D eigenvalue weighted by molar-refractivity contribution is 6.34. The standard InChI is InChI=1S/C9H5Cl2FO2/c10-6-1-2-7(11)5(3-6)4-8(12)9(13)14/h1-4H,(H,13,14)/b8-4-. The minimum atomic E-state index is -1.64. The van der Waals surface area contributed by atoms with E-state index in [1.807, 2.05) is 0 Å². The zero-order chi connectivity index (χ0) is 10.7. The molecule has 0 aromatic heterocycles. The fourth-order valence-corrected chi connectivity index (χ4v) is 1.18. The summed E-state index contributed by atoms with van der Waals surface area (Å²) in [7, 11) is 0. The average molecular weight is 235 g/mol. The van der Waals surface area contributed by atoms with Gasteiger partial charge in [-0.2, -0.15) is 4.39 Å². The highest BCUT2D eigenvalue weighted by Gasteiger charge is 2.07. The van der Waals surface area contributed by atoms with Crippen LogP contribution in [0.25, 0.3) is 6.08 Å². The zero-order valence-electron chi connectivity index (χ0n) is 6.80. The van der Waals surface area contributed by atoms with E-state index in [4.69, 9.17) is 28.3 Å². The molecule has 0 saturated heterocycles. The van der Waals surface area contributed by atoms with Gasteiger partial charge in [0.1, 0.15) is 0 Å². The Morgan fingerprint density at radius 2 is 2.07 bits per heavy atom. The minimum Gasteiger partial charge on any atom is -0.476 e. The Kier molecular flexibility index (Phi) is 3.49. The van der Waals surface area contributed by atoms with Crippen LogP contribution < -0.4 is 0 Å². The van der Waals surface area contributed by atoms with Crippen molar-refractivity contribution in [1.82, 2.24) is 0 Å². The maximum Gasteiger partial charge on any atom is 0.364 e. The molecule has 1 aromatic rings. The monoisotopic (exact) mass is 234 g/mol. The van der Waals surface area contributed by atoms with Crippen molar-refractivity contribution in [2.45, 2.75) is 0 Å². The SMILES string of the molecule is O=C(O)/C(F)=C/c1cc(Cl)ccc1Cl. The average Bonchev–Trinajstić information content (AvgIpc) is 2.11. The zero-order valence-corrected chi connectivity index (χ0v) is 8.31. The normalized spacial score (nSPS) is 11.5. The largest absolute Gasteiger partial charge is 0.476 e. The molecule has 1 N–H and O–H groups in total. The Labute approximate surface area is 89.6 Å². The van der Waals surface area contributed by atoms with Crippen molar-refractivity contribution in [1.29, 1.82) is 0 Å². The van der Waals surface area contributed by atoms with Crippen molar-refractivity contribution in [2.24, 2.45) is 0 Å². The van der Waals surface area contributed by atoms with Crippen LogP contribution in [0, 0.1) is 0 Å². The predicted molar refractivity (Wildman–Crippen MR) is 53.2 cm³/mol. The Hall–Kier alpha value is -1.06. The first kappa shape index (κ1) is 11.0. The van der Waals surface area contributed by atoms with Crippen LogP contribution in [-0.2, 0) is 4.79 Å². The van der Waals surface area contributed by atoms with Crippen molar-refractivity contribution in [3.8, 4) is 0 Å². The van der Waals surface area contributed by atoms with Crippen molar-refractivity contribution < 1.29 is 14.3 Å². The van der Waals surface area contributed by atoms with Gasteiger partial charge in [-0.25, -0.2) is 4.79 Å². The van der Waals surface area contributed by atoms with Crippen LogP contribution >= 0.6 is 23.2 Å². The van der Waals surface area contributed by atoms with Crippen LogP contribution in [0.4, 0.5) is 4.39 Å². The number of carboxylic acid groups (broad SMARTS) is 1. The molecule has 0 fully saturated rings. The second-order valence-electron chi connectivity index (χ2n) is 2.46. The topological polar surface area (TPSA) is 37.3 Å². The fourth-order valence-electron chi connectivity index (χ4n) is 0.823. The molecule has 0 aliphatic carbocycles. The number of hydrogen-bond acceptors (Lipinski definition) is 1. The number of halogens is 3. The van der Waals surface area contributed by atoms with Crippen LogP contribution in [0.5, 0.6) is 0 Å². The Morgan fingerprint density at radius 3 is 2.64 bits per heavy atom. The number of benzene rings is 1. The lowest BCUT2D eigenvalue weighted by atomic mass is 10.2. The predicted octanol–water partition coefficient (Wildman–Crippen LogP) is 3.39. The fraction of sp³-hybridized carbons (Fsp3) is 0. The summed E-state index contributed by atoms with van der Waals surface area (Å²) in [5.74, 6) is -2.92. The maximum absolute atomic E-state index is 12.7. The van der Waals surface area contributed by atoms with E-state index in [1.54, 1.807) is 0 Å². The lowest BCUT2D eigenvalue weighted by molar-refractivity contribution is -0.134. The molecule has 0 heterocycles. The van der Waals surface area contributed by atoms with Crippen molar-refractivity contribution >= 4 is 35.2 Å². The van der Waals surface area contributed by atoms with Gasteiger partial charge in [-0.3, -0.25) is 0 Å². The molecule has 5 heteroatoms. The maximum atomic E-state index is 12.7. The van der Waals surface area contributed by atoms with E-state index >= 15 is 0 Å². The van der Waals surface area contributed by atoms with Crippen LogP contribution in [0.1, 0.15) is 5.56 Å². The molecule has 0 unspecified atom stereocenters. The van der Waals surface area contributed by atoms with Crippen molar-refractivity contribution in [3.05, 3.63) is 39.6 Å². The number of carbonyl (C=O) groups is 1. The Bertz CT molecular complexity index is 402. The summed E-state index contributed by atoms with van der Waals surface area (Å²) < 4.78 is 12.7. The number of hydrogen-bond donors (Lipinski definition) is 1. The molecule has 0 atom stereocenters. The van der Waals surface area contributed by atoms with Gasteiger partial charge in [0.05, 0.1) is 0 Å². The van der Waals surface area contributed by atoms with Crippen molar-refractivity contribution in [2.75, 3.05) is 0 Å². The molecule has 0 saturated carbocycles. The van der Waals surface area contributed by atoms with Gasteiger partial charge in [-0.1, -0.05) is 23.2 Å². The van der Waals surface area contributed by atoms with Gasteiger partial charge >= 0.3 is 5.97 Å². The van der Waals surface area contributed by atoms with Gasteiger partial charge in [0.2, 0.25) is 5.83 Å². The molecule has 74 valence electrons. The molecule has 0 radical (unpaired) electrons. The third kappa shape index (κ3) is 2.72.